The maximum atomic E-state index is 13.4. The zero-order valence-corrected chi connectivity index (χ0v) is 20.6. The number of urea groups is 1. The number of nitrogens with zero attached hydrogens (tertiary/aromatic N) is 2. The van der Waals surface area contributed by atoms with Crippen LogP contribution >= 0.6 is 0 Å². The van der Waals surface area contributed by atoms with Crippen LogP contribution in [0.2, 0.25) is 0 Å². The van der Waals surface area contributed by atoms with E-state index in [-0.39, 0.29) is 12.1 Å². The SMILES string of the molecule is CCN(CC)CCCC(C)N(CC1=CCC2CC1C2(C)C)C(=O)Nc1ccc(C)cc1. The molecule has 2 amide bonds. The van der Waals surface area contributed by atoms with Gasteiger partial charge in [0.2, 0.25) is 0 Å². The second-order valence-corrected chi connectivity index (χ2v) is 10.3. The summed E-state index contributed by atoms with van der Waals surface area (Å²) in [5.41, 5.74) is 3.93. The monoisotopic (exact) mass is 425 g/mol. The van der Waals surface area contributed by atoms with Crippen LogP contribution < -0.4 is 5.32 Å². The number of rotatable bonds is 10. The molecule has 1 saturated carbocycles. The average Bonchev–Trinajstić information content (AvgIpc) is 2.76. The number of hydrogen-bond donors (Lipinski definition) is 1. The van der Waals surface area contributed by atoms with Gasteiger partial charge in [-0.15, -0.1) is 0 Å². The van der Waals surface area contributed by atoms with Gasteiger partial charge in [0.1, 0.15) is 0 Å². The number of anilines is 1. The Hall–Kier alpha value is -1.81. The van der Waals surface area contributed by atoms with Crippen molar-refractivity contribution in [3.63, 3.8) is 0 Å². The molecule has 3 unspecified atom stereocenters. The first-order valence-electron chi connectivity index (χ1n) is 12.3. The van der Waals surface area contributed by atoms with Crippen molar-refractivity contribution >= 4 is 11.7 Å². The highest BCUT2D eigenvalue weighted by atomic mass is 16.2. The van der Waals surface area contributed by atoms with Gasteiger partial charge in [0, 0.05) is 18.3 Å². The second-order valence-electron chi connectivity index (χ2n) is 10.3. The third kappa shape index (κ3) is 5.52. The number of carbonyl (C=O) groups is 1. The smallest absolute Gasteiger partial charge is 0.318 e. The van der Waals surface area contributed by atoms with Gasteiger partial charge in [-0.25, -0.2) is 4.79 Å². The first kappa shape index (κ1) is 23.8. The van der Waals surface area contributed by atoms with E-state index in [1.807, 2.05) is 24.3 Å². The largest absolute Gasteiger partial charge is 0.322 e. The molecule has 0 radical (unpaired) electrons. The maximum absolute atomic E-state index is 13.4. The summed E-state index contributed by atoms with van der Waals surface area (Å²) in [5.74, 6) is 1.45. The predicted octanol–water partition coefficient (Wildman–Crippen LogP) is 6.33. The van der Waals surface area contributed by atoms with Gasteiger partial charge in [-0.2, -0.15) is 0 Å². The van der Waals surface area contributed by atoms with Crippen LogP contribution in [0, 0.1) is 24.2 Å². The highest BCUT2D eigenvalue weighted by Gasteiger charge is 2.51. The summed E-state index contributed by atoms with van der Waals surface area (Å²) >= 11 is 0. The van der Waals surface area contributed by atoms with Crippen molar-refractivity contribution in [2.24, 2.45) is 17.3 Å². The van der Waals surface area contributed by atoms with Crippen LogP contribution in [-0.4, -0.2) is 48.1 Å². The Bertz CT molecular complexity index is 763. The van der Waals surface area contributed by atoms with Gasteiger partial charge < -0.3 is 15.1 Å². The van der Waals surface area contributed by atoms with Crippen molar-refractivity contribution in [2.45, 2.75) is 73.3 Å². The molecule has 0 saturated heterocycles. The third-order valence-corrected chi connectivity index (χ3v) is 8.02. The lowest BCUT2D eigenvalue weighted by molar-refractivity contribution is -0.0103. The van der Waals surface area contributed by atoms with E-state index in [0.29, 0.717) is 11.3 Å². The molecule has 2 bridgehead atoms. The molecular weight excluding hydrogens is 382 g/mol. The summed E-state index contributed by atoms with van der Waals surface area (Å²) in [6.45, 7) is 17.6. The first-order valence-corrected chi connectivity index (χ1v) is 12.3. The van der Waals surface area contributed by atoms with E-state index in [1.165, 1.54) is 24.0 Å². The number of benzene rings is 1. The molecule has 0 aromatic heterocycles. The highest BCUT2D eigenvalue weighted by Crippen LogP contribution is 2.59. The normalized spacial score (nSPS) is 22.5. The van der Waals surface area contributed by atoms with E-state index >= 15 is 0 Å². The Balaban J connectivity index is 1.69. The summed E-state index contributed by atoms with van der Waals surface area (Å²) in [6, 6.07) is 8.33. The molecule has 0 aliphatic heterocycles. The molecule has 0 heterocycles. The zero-order valence-electron chi connectivity index (χ0n) is 20.6. The van der Waals surface area contributed by atoms with E-state index in [0.717, 1.165) is 50.6 Å². The second kappa shape index (κ2) is 10.2. The van der Waals surface area contributed by atoms with Gasteiger partial charge in [-0.05, 0) is 88.5 Å². The number of aryl methyl sites for hydroxylation is 1. The van der Waals surface area contributed by atoms with E-state index in [4.69, 9.17) is 0 Å². The molecule has 3 aliphatic rings. The lowest BCUT2D eigenvalue weighted by Gasteiger charge is -2.57. The first-order chi connectivity index (χ1) is 14.8. The Morgan fingerprint density at radius 3 is 2.45 bits per heavy atom. The number of carbonyl (C=O) groups excluding carboxylic acids is 1. The summed E-state index contributed by atoms with van der Waals surface area (Å²) in [7, 11) is 0. The minimum atomic E-state index is 0.0272. The lowest BCUT2D eigenvalue weighted by atomic mass is 9.49. The summed E-state index contributed by atoms with van der Waals surface area (Å²) in [6.07, 6.45) is 7.04. The van der Waals surface area contributed by atoms with Crippen LogP contribution in [0.5, 0.6) is 0 Å². The topological polar surface area (TPSA) is 35.6 Å². The minimum Gasteiger partial charge on any atom is -0.318 e. The molecule has 3 atom stereocenters. The van der Waals surface area contributed by atoms with Crippen LogP contribution in [0.4, 0.5) is 10.5 Å². The van der Waals surface area contributed by atoms with Crippen molar-refractivity contribution in [3.8, 4) is 0 Å². The van der Waals surface area contributed by atoms with E-state index in [1.54, 1.807) is 0 Å². The molecule has 4 heteroatoms. The molecule has 172 valence electrons. The third-order valence-electron chi connectivity index (χ3n) is 8.02. The van der Waals surface area contributed by atoms with Crippen LogP contribution in [0.3, 0.4) is 0 Å². The molecule has 31 heavy (non-hydrogen) atoms. The van der Waals surface area contributed by atoms with Gasteiger partial charge in [-0.3, -0.25) is 0 Å². The summed E-state index contributed by atoms with van der Waals surface area (Å²) < 4.78 is 0. The van der Waals surface area contributed by atoms with Crippen molar-refractivity contribution in [1.29, 1.82) is 0 Å². The van der Waals surface area contributed by atoms with Crippen LogP contribution in [-0.2, 0) is 0 Å². The Morgan fingerprint density at radius 2 is 1.87 bits per heavy atom. The van der Waals surface area contributed by atoms with Crippen molar-refractivity contribution in [3.05, 3.63) is 41.5 Å². The number of nitrogens with one attached hydrogen (secondary N) is 1. The number of hydrogen-bond acceptors (Lipinski definition) is 2. The Morgan fingerprint density at radius 1 is 1.19 bits per heavy atom. The van der Waals surface area contributed by atoms with Crippen molar-refractivity contribution in [1.82, 2.24) is 9.80 Å². The van der Waals surface area contributed by atoms with Gasteiger partial charge in [-0.1, -0.05) is 57.0 Å². The molecule has 1 aromatic rings. The standard InChI is InChI=1S/C27H43N3O/c1-7-29(8-2)17-9-10-21(4)30(26(31)28-24-15-11-20(3)12-16-24)19-22-13-14-23-18-25(22)27(23,5)6/h11-13,15-16,21,23,25H,7-10,14,17-19H2,1-6H3,(H,28,31). The van der Waals surface area contributed by atoms with Gasteiger partial charge in [0.25, 0.3) is 0 Å². The molecule has 1 fully saturated rings. The zero-order chi connectivity index (χ0) is 22.6. The predicted molar refractivity (Wildman–Crippen MR) is 131 cm³/mol. The van der Waals surface area contributed by atoms with Gasteiger partial charge >= 0.3 is 6.03 Å². The van der Waals surface area contributed by atoms with Crippen molar-refractivity contribution < 1.29 is 4.79 Å². The molecule has 4 rings (SSSR count). The molecular formula is C27H43N3O. The Kier molecular flexibility index (Phi) is 7.85. The maximum Gasteiger partial charge on any atom is 0.322 e. The highest BCUT2D eigenvalue weighted by molar-refractivity contribution is 5.89. The van der Waals surface area contributed by atoms with Crippen LogP contribution in [0.15, 0.2) is 35.9 Å². The van der Waals surface area contributed by atoms with Gasteiger partial charge in [0.05, 0.1) is 0 Å². The van der Waals surface area contributed by atoms with E-state index < -0.39 is 0 Å². The molecule has 1 aromatic carbocycles. The average molecular weight is 426 g/mol. The quantitative estimate of drug-likeness (QED) is 0.444. The van der Waals surface area contributed by atoms with E-state index in [2.05, 4.69) is 62.7 Å². The van der Waals surface area contributed by atoms with E-state index in [9.17, 15) is 4.79 Å². The lowest BCUT2D eigenvalue weighted by Crippen LogP contribution is -2.51. The minimum absolute atomic E-state index is 0.0272. The molecule has 3 aliphatic carbocycles. The fraction of sp³-hybridized carbons (Fsp3) is 0.667. The fourth-order valence-corrected chi connectivity index (χ4v) is 5.42. The fourth-order valence-electron chi connectivity index (χ4n) is 5.42. The van der Waals surface area contributed by atoms with Gasteiger partial charge in [0.15, 0.2) is 0 Å². The van der Waals surface area contributed by atoms with Crippen LogP contribution in [0.1, 0.15) is 65.9 Å². The van der Waals surface area contributed by atoms with Crippen LogP contribution in [0.25, 0.3) is 0 Å². The number of allylic oxidation sites excluding steroid dienone is 1. The molecule has 1 N–H and O–H groups in total. The number of fused-ring (bicyclic) bond motifs is 1. The molecule has 0 spiro atoms. The summed E-state index contributed by atoms with van der Waals surface area (Å²) in [5, 5.41) is 3.16. The Labute approximate surface area is 190 Å². The molecule has 4 nitrogen and oxygen atoms in total. The van der Waals surface area contributed by atoms with Crippen molar-refractivity contribution in [2.75, 3.05) is 31.5 Å². The number of amides is 2. The summed E-state index contributed by atoms with van der Waals surface area (Å²) in [4.78, 5) is 17.9.